The lowest BCUT2D eigenvalue weighted by atomic mass is 9.74. The molecule has 2 aromatic rings. The van der Waals surface area contributed by atoms with Crippen LogP contribution in [0.5, 0.6) is 0 Å². The number of likely N-dealkylation sites (tertiary alicyclic amines) is 1. The second-order valence-electron chi connectivity index (χ2n) is 8.88. The summed E-state index contributed by atoms with van der Waals surface area (Å²) < 4.78 is 28.5. The van der Waals surface area contributed by atoms with E-state index in [1.165, 1.54) is 24.0 Å². The van der Waals surface area contributed by atoms with Gasteiger partial charge in [-0.05, 0) is 85.0 Å². The van der Waals surface area contributed by atoms with Gasteiger partial charge in [-0.2, -0.15) is 0 Å². The largest absolute Gasteiger partial charge is 0.296 e. The van der Waals surface area contributed by atoms with Gasteiger partial charge in [-0.1, -0.05) is 38.1 Å². The van der Waals surface area contributed by atoms with Crippen molar-refractivity contribution < 1.29 is 8.42 Å². The van der Waals surface area contributed by atoms with Crippen LogP contribution >= 0.6 is 0 Å². The minimum atomic E-state index is -3.59. The molecule has 0 aromatic heterocycles. The van der Waals surface area contributed by atoms with E-state index >= 15 is 0 Å². The molecule has 1 aliphatic carbocycles. The van der Waals surface area contributed by atoms with Crippen LogP contribution in [0.1, 0.15) is 61.6 Å². The van der Waals surface area contributed by atoms with Crippen LogP contribution < -0.4 is 4.72 Å². The third-order valence-electron chi connectivity index (χ3n) is 6.62. The maximum absolute atomic E-state index is 12.9. The summed E-state index contributed by atoms with van der Waals surface area (Å²) in [6.07, 6.45) is 6.53. The zero-order chi connectivity index (χ0) is 21.3. The van der Waals surface area contributed by atoms with Crippen molar-refractivity contribution >= 4 is 15.7 Å². The Bertz CT molecular complexity index is 1010. The fourth-order valence-corrected chi connectivity index (χ4v) is 6.11. The van der Waals surface area contributed by atoms with E-state index < -0.39 is 10.0 Å². The van der Waals surface area contributed by atoms with Crippen molar-refractivity contribution in [1.82, 2.24) is 4.90 Å². The molecule has 0 saturated carbocycles. The molecule has 2 aliphatic rings. The number of anilines is 1. The Morgan fingerprint density at radius 2 is 1.93 bits per heavy atom. The molecule has 0 amide bonds. The lowest BCUT2D eigenvalue weighted by Gasteiger charge is -2.44. The zero-order valence-electron chi connectivity index (χ0n) is 18.0. The Morgan fingerprint density at radius 1 is 1.17 bits per heavy atom. The molecule has 1 aliphatic heterocycles. The Kier molecular flexibility index (Phi) is 6.03. The van der Waals surface area contributed by atoms with Crippen LogP contribution in [0.2, 0.25) is 0 Å². The first kappa shape index (κ1) is 21.1. The highest BCUT2D eigenvalue weighted by Gasteiger charge is 2.35. The summed E-state index contributed by atoms with van der Waals surface area (Å²) in [4.78, 5) is 2.86. The maximum Gasteiger partial charge on any atom is 0.261 e. The van der Waals surface area contributed by atoms with Gasteiger partial charge in [-0.25, -0.2) is 8.42 Å². The summed E-state index contributed by atoms with van der Waals surface area (Å²) in [6.45, 7) is 10.2. The molecule has 1 N–H and O–H groups in total. The van der Waals surface area contributed by atoms with Crippen molar-refractivity contribution in [3.8, 4) is 0 Å². The van der Waals surface area contributed by atoms with Gasteiger partial charge in [0.2, 0.25) is 0 Å². The summed E-state index contributed by atoms with van der Waals surface area (Å²) >= 11 is 0. The van der Waals surface area contributed by atoms with Crippen molar-refractivity contribution in [2.45, 2.75) is 62.3 Å². The quantitative estimate of drug-likeness (QED) is 0.641. The molecule has 30 heavy (non-hydrogen) atoms. The summed E-state index contributed by atoms with van der Waals surface area (Å²) in [6, 6.07) is 13.9. The van der Waals surface area contributed by atoms with Gasteiger partial charge in [0.05, 0.1) is 4.90 Å². The molecule has 5 heteroatoms. The molecule has 1 heterocycles. The summed E-state index contributed by atoms with van der Waals surface area (Å²) in [7, 11) is -3.59. The minimum Gasteiger partial charge on any atom is -0.296 e. The molecule has 1 fully saturated rings. The van der Waals surface area contributed by atoms with Crippen LogP contribution in [-0.2, 0) is 16.4 Å². The van der Waals surface area contributed by atoms with Crippen molar-refractivity contribution in [2.24, 2.45) is 0 Å². The summed E-state index contributed by atoms with van der Waals surface area (Å²) in [5.74, 6) is 0.915. The monoisotopic (exact) mass is 424 g/mol. The second-order valence-corrected chi connectivity index (χ2v) is 10.6. The first-order valence-corrected chi connectivity index (χ1v) is 12.5. The van der Waals surface area contributed by atoms with E-state index in [0.717, 1.165) is 31.5 Å². The number of nitrogens with one attached hydrogen (secondary N) is 1. The molecule has 0 spiro atoms. The van der Waals surface area contributed by atoms with E-state index in [0.29, 0.717) is 28.5 Å². The van der Waals surface area contributed by atoms with E-state index in [9.17, 15) is 8.42 Å². The van der Waals surface area contributed by atoms with E-state index in [2.05, 4.69) is 36.1 Å². The molecule has 0 unspecified atom stereocenters. The molecular weight excluding hydrogens is 392 g/mol. The van der Waals surface area contributed by atoms with Gasteiger partial charge in [-0.15, -0.1) is 6.58 Å². The molecule has 0 radical (unpaired) electrons. The van der Waals surface area contributed by atoms with E-state index in [-0.39, 0.29) is 0 Å². The number of hydrogen-bond donors (Lipinski definition) is 1. The Hall–Kier alpha value is -2.11. The molecule has 2 aromatic carbocycles. The smallest absolute Gasteiger partial charge is 0.261 e. The summed E-state index contributed by atoms with van der Waals surface area (Å²) in [5, 5.41) is 0. The highest BCUT2D eigenvalue weighted by Crippen LogP contribution is 2.41. The lowest BCUT2D eigenvalue weighted by molar-refractivity contribution is 0.126. The Morgan fingerprint density at radius 3 is 2.63 bits per heavy atom. The third-order valence-corrected chi connectivity index (χ3v) is 8.02. The topological polar surface area (TPSA) is 49.4 Å². The Labute approximate surface area is 181 Å². The average Bonchev–Trinajstić information content (AvgIpc) is 2.73. The number of hydrogen-bond acceptors (Lipinski definition) is 3. The van der Waals surface area contributed by atoms with Gasteiger partial charge in [0.1, 0.15) is 0 Å². The van der Waals surface area contributed by atoms with Crippen LogP contribution in [0, 0.1) is 0 Å². The van der Waals surface area contributed by atoms with Gasteiger partial charge < -0.3 is 0 Å². The predicted molar refractivity (Wildman–Crippen MR) is 124 cm³/mol. The van der Waals surface area contributed by atoms with Crippen LogP contribution in [0.15, 0.2) is 60.0 Å². The van der Waals surface area contributed by atoms with Gasteiger partial charge in [0.25, 0.3) is 10.0 Å². The predicted octanol–water partition coefficient (Wildman–Crippen LogP) is 5.29. The number of benzene rings is 2. The minimum absolute atomic E-state index is 0.303. The van der Waals surface area contributed by atoms with Crippen molar-refractivity contribution in [3.63, 3.8) is 0 Å². The van der Waals surface area contributed by atoms with Crippen LogP contribution in [-0.4, -0.2) is 32.4 Å². The third kappa shape index (κ3) is 4.19. The first-order chi connectivity index (χ1) is 14.4. The molecular formula is C25H32N2O2S. The van der Waals surface area contributed by atoms with Crippen molar-refractivity contribution in [3.05, 3.63) is 71.8 Å². The SMILES string of the molecule is C=CCN1CCC[C@H]2c3ccc(NS(=O)(=O)c4ccc(C(C)C)cc4)cc3CC[C@@H]21. The lowest BCUT2D eigenvalue weighted by Crippen LogP contribution is -2.46. The standard InChI is InChI=1S/C25H32N2O2S/c1-4-15-27-16-5-6-24-23-13-10-21(17-20(23)9-14-25(24)27)26-30(28,29)22-11-7-19(8-12-22)18(2)3/h4,7-8,10-13,17-18,24-26H,1,5-6,9,14-16H2,2-3H3/t24-,25-/m0/s1. The van der Waals surface area contributed by atoms with E-state index in [4.69, 9.17) is 0 Å². The van der Waals surface area contributed by atoms with Crippen molar-refractivity contribution in [1.29, 1.82) is 0 Å². The molecule has 160 valence electrons. The highest BCUT2D eigenvalue weighted by molar-refractivity contribution is 7.92. The summed E-state index contributed by atoms with van der Waals surface area (Å²) in [5.41, 5.74) is 4.46. The van der Waals surface area contributed by atoms with Crippen LogP contribution in [0.3, 0.4) is 0 Å². The van der Waals surface area contributed by atoms with Crippen LogP contribution in [0.25, 0.3) is 0 Å². The molecule has 1 saturated heterocycles. The number of piperidine rings is 1. The van der Waals surface area contributed by atoms with Gasteiger partial charge >= 0.3 is 0 Å². The van der Waals surface area contributed by atoms with E-state index in [1.807, 2.05) is 30.3 Å². The van der Waals surface area contributed by atoms with Gasteiger partial charge in [0.15, 0.2) is 0 Å². The fraction of sp³-hybridized carbons (Fsp3) is 0.440. The van der Waals surface area contributed by atoms with Gasteiger partial charge in [-0.3, -0.25) is 9.62 Å². The second kappa shape index (κ2) is 8.56. The normalized spacial score (nSPS) is 21.7. The number of fused-ring (bicyclic) bond motifs is 3. The molecule has 4 rings (SSSR count). The van der Waals surface area contributed by atoms with Crippen LogP contribution in [0.4, 0.5) is 5.69 Å². The average molecular weight is 425 g/mol. The number of nitrogens with zero attached hydrogens (tertiary/aromatic N) is 1. The number of aryl methyl sites for hydroxylation is 1. The first-order valence-electron chi connectivity index (χ1n) is 11.0. The number of rotatable bonds is 6. The highest BCUT2D eigenvalue weighted by atomic mass is 32.2. The van der Waals surface area contributed by atoms with Crippen molar-refractivity contribution in [2.75, 3.05) is 17.8 Å². The molecule has 4 nitrogen and oxygen atoms in total. The number of sulfonamides is 1. The Balaban J connectivity index is 1.54. The maximum atomic E-state index is 12.9. The van der Waals surface area contributed by atoms with E-state index in [1.54, 1.807) is 12.1 Å². The molecule has 0 bridgehead atoms. The fourth-order valence-electron chi connectivity index (χ4n) is 5.06. The molecule has 2 atom stereocenters. The van der Waals surface area contributed by atoms with Gasteiger partial charge in [0, 0.05) is 18.3 Å². The zero-order valence-corrected chi connectivity index (χ0v) is 18.8.